The lowest BCUT2D eigenvalue weighted by atomic mass is 9.88. The molecule has 0 bridgehead atoms. The van der Waals surface area contributed by atoms with Crippen LogP contribution in [0.1, 0.15) is 31.9 Å². The molecule has 1 saturated heterocycles. The van der Waals surface area contributed by atoms with E-state index in [1.807, 2.05) is 12.1 Å². The molecule has 1 aromatic carbocycles. The normalized spacial score (nSPS) is 26.1. The average molecular weight is 262 g/mol. The molecule has 0 spiro atoms. The van der Waals surface area contributed by atoms with Crippen molar-refractivity contribution in [1.29, 1.82) is 0 Å². The molecular formula is C16H26N2O. The molecule has 19 heavy (non-hydrogen) atoms. The number of nitrogens with two attached hydrogens (primary N) is 1. The van der Waals surface area contributed by atoms with E-state index in [0.717, 1.165) is 24.1 Å². The zero-order valence-electron chi connectivity index (χ0n) is 12.3. The lowest BCUT2D eigenvalue weighted by molar-refractivity contribution is 0.132. The lowest BCUT2D eigenvalue weighted by Crippen LogP contribution is -2.41. The Morgan fingerprint density at radius 3 is 2.53 bits per heavy atom. The second kappa shape index (κ2) is 6.40. The molecule has 0 radical (unpaired) electrons. The summed E-state index contributed by atoms with van der Waals surface area (Å²) in [6.07, 6.45) is 1.29. The van der Waals surface area contributed by atoms with Crippen molar-refractivity contribution in [1.82, 2.24) is 4.90 Å². The third-order valence-electron chi connectivity index (χ3n) is 4.42. The van der Waals surface area contributed by atoms with Gasteiger partial charge in [0.05, 0.1) is 7.11 Å². The molecule has 0 aliphatic carbocycles. The van der Waals surface area contributed by atoms with Crippen LogP contribution in [0, 0.1) is 11.8 Å². The molecule has 1 heterocycles. The molecule has 3 heteroatoms. The van der Waals surface area contributed by atoms with Crippen molar-refractivity contribution in [2.75, 3.05) is 26.7 Å². The first kappa shape index (κ1) is 14.4. The van der Waals surface area contributed by atoms with E-state index < -0.39 is 0 Å². The van der Waals surface area contributed by atoms with Gasteiger partial charge in [0.25, 0.3) is 0 Å². The number of hydrogen-bond donors (Lipinski definition) is 1. The summed E-state index contributed by atoms with van der Waals surface area (Å²) in [6, 6.07) is 8.19. The zero-order valence-corrected chi connectivity index (χ0v) is 12.3. The molecule has 1 fully saturated rings. The van der Waals surface area contributed by atoms with E-state index in [9.17, 15) is 0 Å². The number of rotatable bonds is 4. The van der Waals surface area contributed by atoms with Gasteiger partial charge >= 0.3 is 0 Å². The van der Waals surface area contributed by atoms with E-state index >= 15 is 0 Å². The Labute approximate surface area is 116 Å². The molecule has 2 N–H and O–H groups in total. The molecule has 0 amide bonds. The second-order valence-corrected chi connectivity index (χ2v) is 5.88. The van der Waals surface area contributed by atoms with Gasteiger partial charge in [0.1, 0.15) is 5.75 Å². The van der Waals surface area contributed by atoms with Gasteiger partial charge in [-0.1, -0.05) is 26.0 Å². The fraction of sp³-hybridized carbons (Fsp3) is 0.625. The first-order valence-corrected chi connectivity index (χ1v) is 7.22. The molecule has 1 aromatic rings. The third kappa shape index (κ3) is 3.71. The summed E-state index contributed by atoms with van der Waals surface area (Å²) >= 11 is 0. The number of ether oxygens (including phenoxy) is 1. The van der Waals surface area contributed by atoms with Crippen LogP contribution in [0.3, 0.4) is 0 Å². The van der Waals surface area contributed by atoms with Crippen LogP contribution in [0.5, 0.6) is 5.75 Å². The van der Waals surface area contributed by atoms with Gasteiger partial charge in [0, 0.05) is 19.1 Å². The van der Waals surface area contributed by atoms with Gasteiger partial charge in [-0.2, -0.15) is 0 Å². The van der Waals surface area contributed by atoms with Gasteiger partial charge in [0.2, 0.25) is 0 Å². The van der Waals surface area contributed by atoms with E-state index in [1.54, 1.807) is 7.11 Å². The van der Waals surface area contributed by atoms with Crippen LogP contribution in [0.15, 0.2) is 24.3 Å². The minimum Gasteiger partial charge on any atom is -0.497 e. The zero-order chi connectivity index (χ0) is 13.8. The average Bonchev–Trinajstić information content (AvgIpc) is 2.43. The summed E-state index contributed by atoms with van der Waals surface area (Å²) in [5.41, 5.74) is 7.50. The smallest absolute Gasteiger partial charge is 0.118 e. The number of methoxy groups -OCH3 is 1. The van der Waals surface area contributed by atoms with Gasteiger partial charge in [0.15, 0.2) is 0 Å². The molecule has 3 unspecified atom stereocenters. The topological polar surface area (TPSA) is 38.5 Å². The number of nitrogens with zero attached hydrogens (tertiary/aromatic N) is 1. The van der Waals surface area contributed by atoms with Crippen molar-refractivity contribution in [3.63, 3.8) is 0 Å². The predicted octanol–water partition coefficient (Wildman–Crippen LogP) is 2.67. The maximum Gasteiger partial charge on any atom is 0.118 e. The molecule has 3 nitrogen and oxygen atoms in total. The molecule has 1 aliphatic rings. The summed E-state index contributed by atoms with van der Waals surface area (Å²) in [6.45, 7) is 7.99. The summed E-state index contributed by atoms with van der Waals surface area (Å²) in [5, 5.41) is 0. The SMILES string of the molecule is COc1ccc(C(N)CN2CCC(C)C(C)C2)cc1. The molecule has 106 valence electrons. The van der Waals surface area contributed by atoms with Crippen LogP contribution >= 0.6 is 0 Å². The first-order chi connectivity index (χ1) is 9.10. The van der Waals surface area contributed by atoms with Crippen molar-refractivity contribution < 1.29 is 4.74 Å². The van der Waals surface area contributed by atoms with Gasteiger partial charge in [-0.15, -0.1) is 0 Å². The van der Waals surface area contributed by atoms with E-state index in [4.69, 9.17) is 10.5 Å². The number of likely N-dealkylation sites (tertiary alicyclic amines) is 1. The van der Waals surface area contributed by atoms with Gasteiger partial charge in [-0.3, -0.25) is 0 Å². The summed E-state index contributed by atoms with van der Waals surface area (Å²) < 4.78 is 5.17. The Balaban J connectivity index is 1.91. The molecule has 1 aliphatic heterocycles. The van der Waals surface area contributed by atoms with Gasteiger partial charge in [-0.25, -0.2) is 0 Å². The fourth-order valence-electron chi connectivity index (χ4n) is 2.75. The number of hydrogen-bond acceptors (Lipinski definition) is 3. The van der Waals surface area contributed by atoms with Crippen LogP contribution in [0.4, 0.5) is 0 Å². The van der Waals surface area contributed by atoms with Crippen molar-refractivity contribution in [3.8, 4) is 5.75 Å². The highest BCUT2D eigenvalue weighted by Gasteiger charge is 2.23. The highest BCUT2D eigenvalue weighted by atomic mass is 16.5. The summed E-state index contributed by atoms with van der Waals surface area (Å²) in [7, 11) is 1.69. The molecule has 2 rings (SSSR count). The Kier molecular flexibility index (Phi) is 4.83. The standard InChI is InChI=1S/C16H26N2O/c1-12-8-9-18(10-13(12)2)11-16(17)14-4-6-15(19-3)7-5-14/h4-7,12-13,16H,8-11,17H2,1-3H3. The lowest BCUT2D eigenvalue weighted by Gasteiger charge is -2.36. The Morgan fingerprint density at radius 2 is 1.95 bits per heavy atom. The summed E-state index contributed by atoms with van der Waals surface area (Å²) in [5.74, 6) is 2.50. The predicted molar refractivity (Wildman–Crippen MR) is 79.3 cm³/mol. The van der Waals surface area contributed by atoms with Crippen LogP contribution in [-0.2, 0) is 0 Å². The number of piperidine rings is 1. The van der Waals surface area contributed by atoms with Gasteiger partial charge < -0.3 is 15.4 Å². The van der Waals surface area contributed by atoms with E-state index in [2.05, 4.69) is 30.9 Å². The Bertz CT molecular complexity index is 390. The van der Waals surface area contributed by atoms with Crippen LogP contribution in [0.25, 0.3) is 0 Å². The van der Waals surface area contributed by atoms with Crippen LogP contribution < -0.4 is 10.5 Å². The van der Waals surface area contributed by atoms with E-state index in [0.29, 0.717) is 0 Å². The molecule has 3 atom stereocenters. The van der Waals surface area contributed by atoms with Crippen LogP contribution in [-0.4, -0.2) is 31.6 Å². The quantitative estimate of drug-likeness (QED) is 0.906. The second-order valence-electron chi connectivity index (χ2n) is 5.88. The maximum atomic E-state index is 6.31. The third-order valence-corrected chi connectivity index (χ3v) is 4.42. The van der Waals surface area contributed by atoms with Crippen molar-refractivity contribution in [2.45, 2.75) is 26.3 Å². The van der Waals surface area contributed by atoms with Crippen molar-refractivity contribution in [2.24, 2.45) is 17.6 Å². The largest absolute Gasteiger partial charge is 0.497 e. The van der Waals surface area contributed by atoms with E-state index in [-0.39, 0.29) is 6.04 Å². The summed E-state index contributed by atoms with van der Waals surface area (Å²) in [4.78, 5) is 2.50. The molecule has 0 aromatic heterocycles. The Morgan fingerprint density at radius 1 is 1.26 bits per heavy atom. The minimum absolute atomic E-state index is 0.0894. The monoisotopic (exact) mass is 262 g/mol. The van der Waals surface area contributed by atoms with Crippen molar-refractivity contribution >= 4 is 0 Å². The highest BCUT2D eigenvalue weighted by molar-refractivity contribution is 5.29. The molecular weight excluding hydrogens is 236 g/mol. The van der Waals surface area contributed by atoms with Crippen molar-refractivity contribution in [3.05, 3.63) is 29.8 Å². The highest BCUT2D eigenvalue weighted by Crippen LogP contribution is 2.24. The van der Waals surface area contributed by atoms with Crippen LogP contribution in [0.2, 0.25) is 0 Å². The van der Waals surface area contributed by atoms with Gasteiger partial charge in [-0.05, 0) is 42.5 Å². The first-order valence-electron chi connectivity index (χ1n) is 7.22. The Hall–Kier alpha value is -1.06. The maximum absolute atomic E-state index is 6.31. The number of benzene rings is 1. The minimum atomic E-state index is 0.0894. The van der Waals surface area contributed by atoms with E-state index in [1.165, 1.54) is 25.1 Å². The molecule has 0 saturated carbocycles. The fourth-order valence-corrected chi connectivity index (χ4v) is 2.75.